The topological polar surface area (TPSA) is 18.5 Å². The van der Waals surface area contributed by atoms with Crippen molar-refractivity contribution >= 4 is 11.8 Å². The van der Waals surface area contributed by atoms with Crippen molar-refractivity contribution in [3.63, 3.8) is 0 Å². The van der Waals surface area contributed by atoms with E-state index in [4.69, 9.17) is 9.47 Å². The molecule has 14 heavy (non-hydrogen) atoms. The molecule has 0 unspecified atom stereocenters. The first kappa shape index (κ1) is 10.0. The van der Waals surface area contributed by atoms with Crippen molar-refractivity contribution in [2.45, 2.75) is 18.1 Å². The van der Waals surface area contributed by atoms with Crippen LogP contribution in [0.4, 0.5) is 0 Å². The van der Waals surface area contributed by atoms with Gasteiger partial charge in [0, 0.05) is 10.5 Å². The Morgan fingerprint density at radius 2 is 2.00 bits per heavy atom. The molecule has 1 aliphatic heterocycles. The molecule has 0 aliphatic carbocycles. The molecule has 2 nitrogen and oxygen atoms in total. The molecule has 0 radical (unpaired) electrons. The molecule has 0 aromatic heterocycles. The van der Waals surface area contributed by atoms with E-state index < -0.39 is 0 Å². The summed E-state index contributed by atoms with van der Waals surface area (Å²) < 4.78 is 11.0. The zero-order valence-electron chi connectivity index (χ0n) is 8.45. The Hall–Kier alpha value is -0.510. The van der Waals surface area contributed by atoms with Gasteiger partial charge in [-0.3, -0.25) is 0 Å². The van der Waals surface area contributed by atoms with E-state index in [1.54, 1.807) is 11.8 Å². The lowest BCUT2D eigenvalue weighted by molar-refractivity contribution is -0.0460. The van der Waals surface area contributed by atoms with Crippen LogP contribution in [0.3, 0.4) is 0 Å². The summed E-state index contributed by atoms with van der Waals surface area (Å²) in [5.41, 5.74) is 2.45. The number of hydrogen-bond donors (Lipinski definition) is 0. The lowest BCUT2D eigenvalue weighted by atomic mass is 10.1. The smallest absolute Gasteiger partial charge is 0.185 e. The molecular formula is C11H14O2S. The average molecular weight is 210 g/mol. The summed E-state index contributed by atoms with van der Waals surface area (Å²) >= 11 is 1.75. The molecule has 1 fully saturated rings. The monoisotopic (exact) mass is 210 g/mol. The van der Waals surface area contributed by atoms with E-state index in [0.717, 1.165) is 5.56 Å². The van der Waals surface area contributed by atoms with Crippen molar-refractivity contribution in [1.82, 2.24) is 0 Å². The van der Waals surface area contributed by atoms with E-state index in [2.05, 4.69) is 31.4 Å². The third-order valence-electron chi connectivity index (χ3n) is 2.32. The molecule has 0 N–H and O–H groups in total. The predicted octanol–water partition coefficient (Wildman–Crippen LogP) is 2.76. The fourth-order valence-electron chi connectivity index (χ4n) is 1.68. The standard InChI is InChI=1S/C11H14O2S/c1-8-4-3-5-9(10(8)14-2)11-12-6-7-13-11/h3-5,11H,6-7H2,1-2H3. The minimum Gasteiger partial charge on any atom is -0.346 e. The molecule has 76 valence electrons. The normalized spacial score (nSPS) is 17.6. The maximum atomic E-state index is 5.50. The molecule has 1 aromatic carbocycles. The SMILES string of the molecule is CSc1c(C)cccc1C1OCCO1. The molecule has 0 bridgehead atoms. The van der Waals surface area contributed by atoms with Gasteiger partial charge in [0.05, 0.1) is 13.2 Å². The summed E-state index contributed by atoms with van der Waals surface area (Å²) in [6.07, 6.45) is 1.93. The largest absolute Gasteiger partial charge is 0.346 e. The molecule has 0 amide bonds. The zero-order valence-corrected chi connectivity index (χ0v) is 9.26. The maximum Gasteiger partial charge on any atom is 0.185 e. The van der Waals surface area contributed by atoms with Gasteiger partial charge in [-0.15, -0.1) is 11.8 Å². The highest BCUT2D eigenvalue weighted by Gasteiger charge is 2.21. The van der Waals surface area contributed by atoms with Crippen molar-refractivity contribution in [3.05, 3.63) is 29.3 Å². The first-order chi connectivity index (χ1) is 6.83. The molecule has 0 atom stereocenters. The fourth-order valence-corrected chi connectivity index (χ4v) is 2.47. The first-order valence-electron chi connectivity index (χ1n) is 4.69. The summed E-state index contributed by atoms with van der Waals surface area (Å²) in [5.74, 6) is 0. The van der Waals surface area contributed by atoms with Crippen LogP contribution in [-0.4, -0.2) is 19.5 Å². The average Bonchev–Trinajstić information content (AvgIpc) is 2.70. The highest BCUT2D eigenvalue weighted by molar-refractivity contribution is 7.98. The molecule has 0 saturated carbocycles. The number of benzene rings is 1. The van der Waals surface area contributed by atoms with E-state index in [0.29, 0.717) is 13.2 Å². The van der Waals surface area contributed by atoms with Gasteiger partial charge in [0.2, 0.25) is 0 Å². The van der Waals surface area contributed by atoms with Gasteiger partial charge < -0.3 is 9.47 Å². The van der Waals surface area contributed by atoms with Crippen molar-refractivity contribution in [3.8, 4) is 0 Å². The Balaban J connectivity index is 2.35. The van der Waals surface area contributed by atoms with Crippen molar-refractivity contribution in [2.24, 2.45) is 0 Å². The molecule has 1 aliphatic rings. The van der Waals surface area contributed by atoms with Crippen LogP contribution in [0, 0.1) is 6.92 Å². The molecule has 3 heteroatoms. The van der Waals surface area contributed by atoms with Gasteiger partial charge in [-0.25, -0.2) is 0 Å². The van der Waals surface area contributed by atoms with E-state index in [9.17, 15) is 0 Å². The summed E-state index contributed by atoms with van der Waals surface area (Å²) in [6.45, 7) is 3.52. The van der Waals surface area contributed by atoms with E-state index in [-0.39, 0.29) is 6.29 Å². The van der Waals surface area contributed by atoms with Gasteiger partial charge >= 0.3 is 0 Å². The Bertz CT molecular complexity index is 319. The van der Waals surface area contributed by atoms with Crippen molar-refractivity contribution in [1.29, 1.82) is 0 Å². The Kier molecular flexibility index (Phi) is 3.11. The van der Waals surface area contributed by atoms with E-state index in [1.807, 2.05) is 0 Å². The van der Waals surface area contributed by atoms with Crippen molar-refractivity contribution < 1.29 is 9.47 Å². The Morgan fingerprint density at radius 1 is 1.29 bits per heavy atom. The summed E-state index contributed by atoms with van der Waals surface area (Å²) in [6, 6.07) is 6.24. The highest BCUT2D eigenvalue weighted by Crippen LogP contribution is 2.33. The van der Waals surface area contributed by atoms with Crippen LogP contribution < -0.4 is 0 Å². The van der Waals surface area contributed by atoms with Gasteiger partial charge in [-0.05, 0) is 18.7 Å². The van der Waals surface area contributed by atoms with Crippen LogP contribution in [-0.2, 0) is 9.47 Å². The van der Waals surface area contributed by atoms with Crippen LogP contribution >= 0.6 is 11.8 Å². The van der Waals surface area contributed by atoms with Gasteiger partial charge in [-0.2, -0.15) is 0 Å². The quantitative estimate of drug-likeness (QED) is 0.699. The van der Waals surface area contributed by atoms with Gasteiger partial charge in [-0.1, -0.05) is 18.2 Å². The zero-order chi connectivity index (χ0) is 9.97. The summed E-state index contributed by atoms with van der Waals surface area (Å²) in [5, 5.41) is 0. The van der Waals surface area contributed by atoms with Crippen molar-refractivity contribution in [2.75, 3.05) is 19.5 Å². The second-order valence-corrected chi connectivity index (χ2v) is 4.09. The molecule has 0 spiro atoms. The molecule has 1 saturated heterocycles. The first-order valence-corrected chi connectivity index (χ1v) is 5.92. The van der Waals surface area contributed by atoms with Crippen LogP contribution in [0.15, 0.2) is 23.1 Å². The molecule has 2 rings (SSSR count). The minimum atomic E-state index is -0.155. The van der Waals surface area contributed by atoms with Crippen LogP contribution in [0.1, 0.15) is 17.4 Å². The second-order valence-electron chi connectivity index (χ2n) is 3.27. The van der Waals surface area contributed by atoms with E-state index in [1.165, 1.54) is 10.5 Å². The predicted molar refractivity (Wildman–Crippen MR) is 57.6 cm³/mol. The van der Waals surface area contributed by atoms with Crippen LogP contribution in [0.5, 0.6) is 0 Å². The van der Waals surface area contributed by atoms with Gasteiger partial charge in [0.1, 0.15) is 0 Å². The van der Waals surface area contributed by atoms with E-state index >= 15 is 0 Å². The van der Waals surface area contributed by atoms with Crippen LogP contribution in [0.25, 0.3) is 0 Å². The molecular weight excluding hydrogens is 196 g/mol. The van der Waals surface area contributed by atoms with Gasteiger partial charge in [0.25, 0.3) is 0 Å². The third kappa shape index (κ3) is 1.80. The Morgan fingerprint density at radius 3 is 2.64 bits per heavy atom. The number of thioether (sulfide) groups is 1. The summed E-state index contributed by atoms with van der Waals surface area (Å²) in [4.78, 5) is 1.28. The number of ether oxygens (including phenoxy) is 2. The molecule has 1 aromatic rings. The fraction of sp³-hybridized carbons (Fsp3) is 0.455. The second kappa shape index (κ2) is 4.34. The van der Waals surface area contributed by atoms with Crippen LogP contribution in [0.2, 0.25) is 0 Å². The number of hydrogen-bond acceptors (Lipinski definition) is 3. The Labute approximate surface area is 88.6 Å². The molecule has 1 heterocycles. The lowest BCUT2D eigenvalue weighted by Crippen LogP contribution is -2.00. The lowest BCUT2D eigenvalue weighted by Gasteiger charge is -2.14. The number of aryl methyl sites for hydroxylation is 1. The van der Waals surface area contributed by atoms with Gasteiger partial charge in [0.15, 0.2) is 6.29 Å². The maximum absolute atomic E-state index is 5.50. The summed E-state index contributed by atoms with van der Waals surface area (Å²) in [7, 11) is 0. The minimum absolute atomic E-state index is 0.155. The highest BCUT2D eigenvalue weighted by atomic mass is 32.2. The number of rotatable bonds is 2. The third-order valence-corrected chi connectivity index (χ3v) is 3.29.